The molecule has 3 rings (SSSR count). The SMILES string of the molecule is Cc1ccccc1OCCNC(=O)C1CCCN(S(=O)(=O)Cc2c(Cl)cccc2Cl)C1. The Morgan fingerprint density at radius 1 is 1.16 bits per heavy atom. The van der Waals surface area contributed by atoms with Crippen LogP contribution in [-0.2, 0) is 20.6 Å². The van der Waals surface area contributed by atoms with Gasteiger partial charge in [0.25, 0.3) is 0 Å². The highest BCUT2D eigenvalue weighted by Crippen LogP contribution is 2.29. The largest absolute Gasteiger partial charge is 0.491 e. The molecular formula is C22H26Cl2N2O4S. The maximum Gasteiger partial charge on any atom is 0.224 e. The minimum Gasteiger partial charge on any atom is -0.491 e. The zero-order valence-electron chi connectivity index (χ0n) is 17.3. The van der Waals surface area contributed by atoms with E-state index in [4.69, 9.17) is 27.9 Å². The van der Waals surface area contributed by atoms with Gasteiger partial charge in [-0.2, -0.15) is 0 Å². The van der Waals surface area contributed by atoms with Crippen molar-refractivity contribution in [3.05, 3.63) is 63.6 Å². The number of amides is 1. The van der Waals surface area contributed by atoms with E-state index >= 15 is 0 Å². The molecule has 31 heavy (non-hydrogen) atoms. The standard InChI is InChI=1S/C22H26Cl2N2O4S/c1-16-6-2-3-10-21(16)30-13-11-25-22(27)17-7-5-12-26(14-17)31(28,29)15-18-19(23)8-4-9-20(18)24/h2-4,6,8-10,17H,5,7,11-15H2,1H3,(H,25,27). The van der Waals surface area contributed by atoms with Crippen LogP contribution in [0.1, 0.15) is 24.0 Å². The predicted octanol–water partition coefficient (Wildman–Crippen LogP) is 4.04. The number of nitrogens with zero attached hydrogens (tertiary/aromatic N) is 1. The maximum atomic E-state index is 12.9. The Labute approximate surface area is 193 Å². The number of nitrogens with one attached hydrogen (secondary N) is 1. The summed E-state index contributed by atoms with van der Waals surface area (Å²) >= 11 is 12.3. The normalized spacial score (nSPS) is 17.3. The van der Waals surface area contributed by atoms with Gasteiger partial charge in [0.2, 0.25) is 15.9 Å². The van der Waals surface area contributed by atoms with Crippen molar-refractivity contribution < 1.29 is 17.9 Å². The number of piperidine rings is 1. The number of carbonyl (C=O) groups excluding carboxylic acids is 1. The van der Waals surface area contributed by atoms with Crippen molar-refractivity contribution in [2.45, 2.75) is 25.5 Å². The quantitative estimate of drug-likeness (QED) is 0.573. The maximum absolute atomic E-state index is 12.9. The van der Waals surface area contributed by atoms with Crippen LogP contribution < -0.4 is 10.1 Å². The third-order valence-electron chi connectivity index (χ3n) is 5.29. The van der Waals surface area contributed by atoms with Gasteiger partial charge in [-0.15, -0.1) is 0 Å². The van der Waals surface area contributed by atoms with E-state index in [9.17, 15) is 13.2 Å². The van der Waals surface area contributed by atoms with Crippen molar-refractivity contribution in [3.63, 3.8) is 0 Å². The van der Waals surface area contributed by atoms with Crippen LogP contribution in [0.4, 0.5) is 0 Å². The van der Waals surface area contributed by atoms with Crippen molar-refractivity contribution in [2.24, 2.45) is 5.92 Å². The molecule has 1 heterocycles. The van der Waals surface area contributed by atoms with Gasteiger partial charge < -0.3 is 10.1 Å². The van der Waals surface area contributed by atoms with Crippen LogP contribution in [0.5, 0.6) is 5.75 Å². The summed E-state index contributed by atoms with van der Waals surface area (Å²) in [5.41, 5.74) is 1.41. The number of para-hydroxylation sites is 1. The Morgan fingerprint density at radius 3 is 2.58 bits per heavy atom. The highest BCUT2D eigenvalue weighted by atomic mass is 35.5. The number of ether oxygens (including phenoxy) is 1. The van der Waals surface area contributed by atoms with Crippen LogP contribution >= 0.6 is 23.2 Å². The third kappa shape index (κ3) is 6.35. The van der Waals surface area contributed by atoms with E-state index in [0.29, 0.717) is 48.1 Å². The second kappa shape index (κ2) is 10.7. The van der Waals surface area contributed by atoms with Crippen molar-refractivity contribution in [2.75, 3.05) is 26.2 Å². The topological polar surface area (TPSA) is 75.7 Å². The zero-order valence-corrected chi connectivity index (χ0v) is 19.6. The molecule has 1 amide bonds. The van der Waals surface area contributed by atoms with E-state index in [0.717, 1.165) is 11.3 Å². The number of carbonyl (C=O) groups is 1. The molecule has 1 saturated heterocycles. The summed E-state index contributed by atoms with van der Waals surface area (Å²) in [4.78, 5) is 12.6. The number of hydrogen-bond donors (Lipinski definition) is 1. The molecule has 0 spiro atoms. The van der Waals surface area contributed by atoms with Gasteiger partial charge in [0.05, 0.1) is 18.2 Å². The van der Waals surface area contributed by atoms with E-state index in [1.165, 1.54) is 4.31 Å². The number of aryl methyl sites for hydroxylation is 1. The van der Waals surface area contributed by atoms with Gasteiger partial charge in [0.15, 0.2) is 0 Å². The molecule has 0 aliphatic carbocycles. The lowest BCUT2D eigenvalue weighted by Crippen LogP contribution is -2.46. The average Bonchev–Trinajstić information content (AvgIpc) is 2.75. The summed E-state index contributed by atoms with van der Waals surface area (Å²) in [6.07, 6.45) is 1.26. The number of halogens is 2. The molecule has 0 radical (unpaired) electrons. The van der Waals surface area contributed by atoms with Crippen LogP contribution in [-0.4, -0.2) is 44.9 Å². The van der Waals surface area contributed by atoms with Gasteiger partial charge in [-0.3, -0.25) is 4.79 Å². The Kier molecular flexibility index (Phi) is 8.22. The lowest BCUT2D eigenvalue weighted by Gasteiger charge is -2.31. The first-order valence-corrected chi connectivity index (χ1v) is 12.5. The lowest BCUT2D eigenvalue weighted by atomic mass is 9.99. The molecule has 9 heteroatoms. The predicted molar refractivity (Wildman–Crippen MR) is 123 cm³/mol. The number of sulfonamides is 1. The van der Waals surface area contributed by atoms with E-state index in [2.05, 4.69) is 5.32 Å². The van der Waals surface area contributed by atoms with Gasteiger partial charge >= 0.3 is 0 Å². The second-order valence-corrected chi connectivity index (χ2v) is 10.3. The van der Waals surface area contributed by atoms with Crippen molar-refractivity contribution >= 4 is 39.1 Å². The number of rotatable bonds is 8. The van der Waals surface area contributed by atoms with E-state index in [1.807, 2.05) is 31.2 Å². The fraction of sp³-hybridized carbons (Fsp3) is 0.409. The minimum absolute atomic E-state index is 0.148. The fourth-order valence-corrected chi connectivity index (χ4v) is 5.91. The molecule has 2 aromatic rings. The highest BCUT2D eigenvalue weighted by Gasteiger charge is 2.33. The summed E-state index contributed by atoms with van der Waals surface area (Å²) in [7, 11) is -3.65. The summed E-state index contributed by atoms with van der Waals surface area (Å²) in [5, 5.41) is 3.49. The van der Waals surface area contributed by atoms with Crippen molar-refractivity contribution in [1.82, 2.24) is 9.62 Å². The molecule has 1 fully saturated rings. The monoisotopic (exact) mass is 484 g/mol. The number of benzene rings is 2. The number of hydrogen-bond acceptors (Lipinski definition) is 4. The Balaban J connectivity index is 1.53. The first kappa shape index (κ1) is 23.9. The third-order valence-corrected chi connectivity index (χ3v) is 7.77. The van der Waals surface area contributed by atoms with Crippen LogP contribution in [0.2, 0.25) is 10.0 Å². The van der Waals surface area contributed by atoms with Gasteiger partial charge in [-0.05, 0) is 43.5 Å². The van der Waals surface area contributed by atoms with Gasteiger partial charge in [-0.1, -0.05) is 47.5 Å². The molecule has 0 aromatic heterocycles. The van der Waals surface area contributed by atoms with Crippen LogP contribution in [0, 0.1) is 12.8 Å². The summed E-state index contributed by atoms with van der Waals surface area (Å²) < 4.78 is 32.9. The molecule has 168 valence electrons. The zero-order chi connectivity index (χ0) is 22.4. The molecule has 1 N–H and O–H groups in total. The van der Waals surface area contributed by atoms with E-state index in [-0.39, 0.29) is 18.2 Å². The van der Waals surface area contributed by atoms with E-state index in [1.54, 1.807) is 18.2 Å². The van der Waals surface area contributed by atoms with Crippen LogP contribution in [0.3, 0.4) is 0 Å². The first-order valence-electron chi connectivity index (χ1n) is 10.1. The van der Waals surface area contributed by atoms with Crippen molar-refractivity contribution in [1.29, 1.82) is 0 Å². The molecular weight excluding hydrogens is 459 g/mol. The molecule has 1 aliphatic heterocycles. The molecule has 2 aromatic carbocycles. The lowest BCUT2D eigenvalue weighted by molar-refractivity contribution is -0.126. The van der Waals surface area contributed by atoms with Gasteiger partial charge in [0.1, 0.15) is 12.4 Å². The Hall–Kier alpha value is -1.80. The summed E-state index contributed by atoms with van der Waals surface area (Å²) in [6.45, 7) is 3.18. The smallest absolute Gasteiger partial charge is 0.224 e. The van der Waals surface area contributed by atoms with E-state index < -0.39 is 15.9 Å². The molecule has 6 nitrogen and oxygen atoms in total. The highest BCUT2D eigenvalue weighted by molar-refractivity contribution is 7.88. The van der Waals surface area contributed by atoms with Gasteiger partial charge in [0, 0.05) is 28.7 Å². The summed E-state index contributed by atoms with van der Waals surface area (Å²) in [5.74, 6) is -0.0675. The van der Waals surface area contributed by atoms with Crippen molar-refractivity contribution in [3.8, 4) is 5.75 Å². The fourth-order valence-electron chi connectivity index (χ4n) is 3.55. The molecule has 0 saturated carbocycles. The van der Waals surface area contributed by atoms with Crippen LogP contribution in [0.15, 0.2) is 42.5 Å². The molecule has 1 aliphatic rings. The Morgan fingerprint density at radius 2 is 1.87 bits per heavy atom. The second-order valence-electron chi connectivity index (χ2n) is 7.56. The first-order chi connectivity index (χ1) is 14.8. The average molecular weight is 485 g/mol. The Bertz CT molecular complexity index is 1010. The minimum atomic E-state index is -3.65. The molecule has 1 unspecified atom stereocenters. The van der Waals surface area contributed by atoms with Gasteiger partial charge in [-0.25, -0.2) is 12.7 Å². The summed E-state index contributed by atoms with van der Waals surface area (Å²) in [6, 6.07) is 12.6. The van der Waals surface area contributed by atoms with Crippen LogP contribution in [0.25, 0.3) is 0 Å². The molecule has 0 bridgehead atoms. The molecule has 1 atom stereocenters.